The van der Waals surface area contributed by atoms with Gasteiger partial charge in [-0.15, -0.1) is 0 Å². The molecule has 0 saturated carbocycles. The average Bonchev–Trinajstić information content (AvgIpc) is 2.77. The van der Waals surface area contributed by atoms with Crippen LogP contribution in [0.5, 0.6) is 5.75 Å². The first-order valence-corrected chi connectivity index (χ1v) is 10.1. The van der Waals surface area contributed by atoms with Crippen LogP contribution in [-0.2, 0) is 19.1 Å². The molecule has 2 aromatic carbocycles. The molecular formula is C24H23F3N2O2. The number of ether oxygens (including phenoxy) is 1. The number of hydrogen-bond donors (Lipinski definition) is 1. The van der Waals surface area contributed by atoms with Crippen molar-refractivity contribution in [3.05, 3.63) is 95.3 Å². The molecule has 4 nitrogen and oxygen atoms in total. The maximum absolute atomic E-state index is 12.7. The number of rotatable bonds is 6. The van der Waals surface area contributed by atoms with Crippen molar-refractivity contribution in [2.24, 2.45) is 0 Å². The van der Waals surface area contributed by atoms with Crippen LogP contribution in [0.3, 0.4) is 0 Å². The Hall–Kier alpha value is -2.90. The van der Waals surface area contributed by atoms with Gasteiger partial charge in [0.05, 0.1) is 5.56 Å². The predicted octanol–water partition coefficient (Wildman–Crippen LogP) is 4.64. The molecule has 162 valence electrons. The summed E-state index contributed by atoms with van der Waals surface area (Å²) < 4.78 is 43.6. The molecule has 0 amide bonds. The van der Waals surface area contributed by atoms with Gasteiger partial charge in [-0.25, -0.2) is 0 Å². The number of pyridine rings is 1. The number of hydrogen-bond acceptors (Lipinski definition) is 4. The smallest absolute Gasteiger partial charge is 0.416 e. The molecule has 0 aliphatic carbocycles. The van der Waals surface area contributed by atoms with E-state index < -0.39 is 17.8 Å². The topological polar surface area (TPSA) is 45.6 Å². The van der Waals surface area contributed by atoms with Crippen molar-refractivity contribution in [1.82, 2.24) is 9.88 Å². The highest BCUT2D eigenvalue weighted by atomic mass is 19.4. The van der Waals surface area contributed by atoms with Gasteiger partial charge in [0.25, 0.3) is 0 Å². The van der Waals surface area contributed by atoms with Gasteiger partial charge in [-0.3, -0.25) is 9.88 Å². The highest BCUT2D eigenvalue weighted by Crippen LogP contribution is 2.33. The summed E-state index contributed by atoms with van der Waals surface area (Å²) >= 11 is 0. The van der Waals surface area contributed by atoms with Crippen LogP contribution in [0.2, 0.25) is 0 Å². The monoisotopic (exact) mass is 428 g/mol. The highest BCUT2D eigenvalue weighted by Gasteiger charge is 2.30. The first-order chi connectivity index (χ1) is 14.9. The Labute approximate surface area is 178 Å². The largest absolute Gasteiger partial charge is 0.491 e. The summed E-state index contributed by atoms with van der Waals surface area (Å²) in [5, 5.41) is 10.6. The van der Waals surface area contributed by atoms with Gasteiger partial charge in [-0.05, 0) is 53.4 Å². The molecule has 31 heavy (non-hydrogen) atoms. The SMILES string of the molecule is O[C@@H](COc1ccc(C(F)(F)F)cc1)CN1Cc2ccccc2C[C@H]1c1cccnc1. The third kappa shape index (κ3) is 5.24. The lowest BCUT2D eigenvalue weighted by molar-refractivity contribution is -0.137. The Morgan fingerprint density at radius 2 is 1.77 bits per heavy atom. The van der Waals surface area contributed by atoms with Gasteiger partial charge < -0.3 is 9.84 Å². The molecule has 0 unspecified atom stereocenters. The molecule has 0 spiro atoms. The summed E-state index contributed by atoms with van der Waals surface area (Å²) in [6.07, 6.45) is -0.793. The second kappa shape index (κ2) is 9.08. The second-order valence-corrected chi connectivity index (χ2v) is 7.69. The van der Waals surface area contributed by atoms with Crippen LogP contribution in [0.4, 0.5) is 13.2 Å². The number of benzene rings is 2. The number of nitrogens with zero attached hydrogens (tertiary/aromatic N) is 2. The summed E-state index contributed by atoms with van der Waals surface area (Å²) in [7, 11) is 0. The molecule has 3 aromatic rings. The minimum absolute atomic E-state index is 0.0106. The van der Waals surface area contributed by atoms with Gasteiger partial charge in [-0.1, -0.05) is 30.3 Å². The zero-order chi connectivity index (χ0) is 21.8. The fraction of sp³-hybridized carbons (Fsp3) is 0.292. The van der Waals surface area contributed by atoms with E-state index in [1.807, 2.05) is 30.5 Å². The molecular weight excluding hydrogens is 405 g/mol. The van der Waals surface area contributed by atoms with Crippen LogP contribution in [-0.4, -0.2) is 34.2 Å². The molecule has 1 aliphatic heterocycles. The van der Waals surface area contributed by atoms with Gasteiger partial charge in [0.1, 0.15) is 18.5 Å². The zero-order valence-electron chi connectivity index (χ0n) is 16.8. The average molecular weight is 428 g/mol. The Kier molecular flexibility index (Phi) is 6.25. The van der Waals surface area contributed by atoms with Crippen molar-refractivity contribution in [2.75, 3.05) is 13.2 Å². The van der Waals surface area contributed by atoms with Crippen molar-refractivity contribution in [1.29, 1.82) is 0 Å². The van der Waals surface area contributed by atoms with E-state index in [1.165, 1.54) is 23.3 Å². The molecule has 0 fully saturated rings. The molecule has 2 heterocycles. The molecule has 4 rings (SSSR count). The third-order valence-electron chi connectivity index (χ3n) is 5.48. The molecule has 1 aliphatic rings. The van der Waals surface area contributed by atoms with Gasteiger partial charge in [0, 0.05) is 31.5 Å². The lowest BCUT2D eigenvalue weighted by Crippen LogP contribution is -2.41. The van der Waals surface area contributed by atoms with E-state index in [2.05, 4.69) is 22.0 Å². The van der Waals surface area contributed by atoms with Crippen molar-refractivity contribution in [2.45, 2.75) is 31.3 Å². The van der Waals surface area contributed by atoms with Crippen molar-refractivity contribution in [3.8, 4) is 5.75 Å². The summed E-state index contributed by atoms with van der Waals surface area (Å²) in [4.78, 5) is 6.43. The van der Waals surface area contributed by atoms with Gasteiger partial charge in [-0.2, -0.15) is 13.2 Å². The quantitative estimate of drug-likeness (QED) is 0.621. The molecule has 1 N–H and O–H groups in total. The Morgan fingerprint density at radius 1 is 1.03 bits per heavy atom. The molecule has 7 heteroatoms. The Morgan fingerprint density at radius 3 is 2.45 bits per heavy atom. The Balaban J connectivity index is 1.42. The van der Waals surface area contributed by atoms with E-state index >= 15 is 0 Å². The first kappa shape index (κ1) is 21.3. The van der Waals surface area contributed by atoms with Gasteiger partial charge in [0.15, 0.2) is 0 Å². The molecule has 0 bridgehead atoms. The standard InChI is InChI=1S/C24H23F3N2O2/c25-24(26,27)20-7-9-22(10-8-20)31-16-21(30)15-29-14-19-5-2-1-4-17(19)12-23(29)18-6-3-11-28-13-18/h1-11,13,21,23,30H,12,14-16H2/t21-,23+/m1/s1. The van der Waals surface area contributed by atoms with Gasteiger partial charge >= 0.3 is 6.18 Å². The third-order valence-corrected chi connectivity index (χ3v) is 5.48. The first-order valence-electron chi connectivity index (χ1n) is 10.1. The van der Waals surface area contributed by atoms with Crippen molar-refractivity contribution in [3.63, 3.8) is 0 Å². The second-order valence-electron chi connectivity index (χ2n) is 7.69. The predicted molar refractivity (Wildman–Crippen MR) is 110 cm³/mol. The maximum atomic E-state index is 12.7. The number of β-amino-alcohol motifs (C(OH)–C–C–N with tert-alkyl or cyclic N) is 1. The number of aromatic nitrogens is 1. The van der Waals surface area contributed by atoms with E-state index in [9.17, 15) is 18.3 Å². The number of fused-ring (bicyclic) bond motifs is 1. The van der Waals surface area contributed by atoms with E-state index in [4.69, 9.17) is 4.74 Å². The van der Waals surface area contributed by atoms with E-state index in [1.54, 1.807) is 6.20 Å². The van der Waals surface area contributed by atoms with Crippen LogP contribution in [0.15, 0.2) is 73.1 Å². The fourth-order valence-corrected chi connectivity index (χ4v) is 3.93. The minimum Gasteiger partial charge on any atom is -0.491 e. The highest BCUT2D eigenvalue weighted by molar-refractivity contribution is 5.33. The molecule has 0 radical (unpaired) electrons. The van der Waals surface area contributed by atoms with E-state index in [-0.39, 0.29) is 12.6 Å². The summed E-state index contributed by atoms with van der Waals surface area (Å²) in [6, 6.07) is 16.7. The normalized spacial score (nSPS) is 17.7. The summed E-state index contributed by atoms with van der Waals surface area (Å²) in [5.74, 6) is 0.292. The van der Waals surface area contributed by atoms with Gasteiger partial charge in [0.2, 0.25) is 0 Å². The zero-order valence-corrected chi connectivity index (χ0v) is 16.8. The van der Waals surface area contributed by atoms with Crippen molar-refractivity contribution >= 4 is 0 Å². The summed E-state index contributed by atoms with van der Waals surface area (Å²) in [5.41, 5.74) is 2.85. The maximum Gasteiger partial charge on any atom is 0.416 e. The summed E-state index contributed by atoms with van der Waals surface area (Å²) in [6.45, 7) is 1.05. The lowest BCUT2D eigenvalue weighted by atomic mass is 9.90. The number of alkyl halides is 3. The van der Waals surface area contributed by atoms with Crippen LogP contribution in [0.25, 0.3) is 0 Å². The lowest BCUT2D eigenvalue weighted by Gasteiger charge is -2.38. The molecule has 2 atom stereocenters. The van der Waals surface area contributed by atoms with Crippen LogP contribution >= 0.6 is 0 Å². The molecule has 0 saturated heterocycles. The number of aliphatic hydroxyl groups is 1. The van der Waals surface area contributed by atoms with Crippen LogP contribution in [0.1, 0.15) is 28.3 Å². The van der Waals surface area contributed by atoms with Crippen LogP contribution in [0, 0.1) is 0 Å². The number of halogens is 3. The number of aliphatic hydroxyl groups excluding tert-OH is 1. The van der Waals surface area contributed by atoms with E-state index in [0.29, 0.717) is 18.8 Å². The van der Waals surface area contributed by atoms with Crippen LogP contribution < -0.4 is 4.74 Å². The van der Waals surface area contributed by atoms with E-state index in [0.717, 1.165) is 24.1 Å². The Bertz CT molecular complexity index is 994. The minimum atomic E-state index is -4.39. The van der Waals surface area contributed by atoms with Crippen molar-refractivity contribution < 1.29 is 23.0 Å². The molecule has 1 aromatic heterocycles. The fourth-order valence-electron chi connectivity index (χ4n) is 3.93.